The Bertz CT molecular complexity index is 868. The molecule has 3 aliphatic heterocycles. The fourth-order valence-corrected chi connectivity index (χ4v) is 4.91. The molecule has 0 saturated carbocycles. The minimum Gasteiger partial charge on any atom is -0.487 e. The van der Waals surface area contributed by atoms with E-state index < -0.39 is 0 Å². The number of piperidine rings is 1. The molecular weight excluding hydrogens is 383 g/mol. The number of hydrogen-bond acceptors (Lipinski definition) is 4. The molecule has 0 radical (unpaired) electrons. The van der Waals surface area contributed by atoms with Crippen molar-refractivity contribution in [1.29, 1.82) is 0 Å². The summed E-state index contributed by atoms with van der Waals surface area (Å²) in [6.45, 7) is 5.21. The molecule has 0 spiro atoms. The zero-order valence-electron chi connectivity index (χ0n) is 15.0. The normalized spacial score (nSPS) is 24.3. The number of anilines is 1. The maximum Gasteiger partial charge on any atom is 0.146 e. The van der Waals surface area contributed by atoms with Gasteiger partial charge in [0, 0.05) is 46.7 Å². The summed E-state index contributed by atoms with van der Waals surface area (Å²) in [6, 6.07) is 10.2. The van der Waals surface area contributed by atoms with Crippen molar-refractivity contribution >= 4 is 28.9 Å². The summed E-state index contributed by atoms with van der Waals surface area (Å²) >= 11 is 12.6. The van der Waals surface area contributed by atoms with E-state index in [1.165, 1.54) is 5.56 Å². The molecule has 0 bridgehead atoms. The fourth-order valence-electron chi connectivity index (χ4n) is 4.39. The Balaban J connectivity index is 1.64. The fraction of sp³-hybridized carbons (Fsp3) is 0.429. The van der Waals surface area contributed by atoms with Gasteiger partial charge in [-0.05, 0) is 42.8 Å². The number of nitrogens with one attached hydrogen (secondary N) is 1. The number of fused-ring (bicyclic) bond motifs is 3. The molecular formula is C21H22Cl2N2O2. The molecule has 2 saturated heterocycles. The lowest BCUT2D eigenvalue weighted by Gasteiger charge is -2.30. The van der Waals surface area contributed by atoms with Crippen molar-refractivity contribution in [2.75, 3.05) is 44.3 Å². The molecule has 4 nitrogen and oxygen atoms in total. The molecule has 2 aromatic carbocycles. The molecule has 27 heavy (non-hydrogen) atoms. The van der Waals surface area contributed by atoms with E-state index in [1.54, 1.807) is 0 Å². The first-order valence-electron chi connectivity index (χ1n) is 9.54. The number of nitrogens with zero attached hydrogens (tertiary/aromatic N) is 1. The SMILES string of the molecule is Clc1ccc(-c2cc3c(c(N4CCOCC4)c2)O[C@H]2CCNC[C@@H]32)c(Cl)c1. The number of ether oxygens (including phenoxy) is 2. The van der Waals surface area contributed by atoms with Gasteiger partial charge in [0.05, 0.1) is 18.9 Å². The van der Waals surface area contributed by atoms with Crippen molar-refractivity contribution in [1.82, 2.24) is 5.32 Å². The average molecular weight is 405 g/mol. The quantitative estimate of drug-likeness (QED) is 0.806. The first-order chi connectivity index (χ1) is 13.2. The van der Waals surface area contributed by atoms with Crippen LogP contribution < -0.4 is 15.0 Å². The van der Waals surface area contributed by atoms with Gasteiger partial charge in [-0.1, -0.05) is 29.3 Å². The molecule has 1 N–H and O–H groups in total. The monoisotopic (exact) mass is 404 g/mol. The van der Waals surface area contributed by atoms with Gasteiger partial charge in [0.2, 0.25) is 0 Å². The second kappa shape index (κ2) is 7.17. The Labute approximate surface area is 169 Å². The van der Waals surface area contributed by atoms with Crippen LogP contribution in [-0.4, -0.2) is 45.5 Å². The highest BCUT2D eigenvalue weighted by atomic mass is 35.5. The Morgan fingerprint density at radius 3 is 2.74 bits per heavy atom. The molecule has 142 valence electrons. The lowest BCUT2D eigenvalue weighted by atomic mass is 9.88. The number of hydrogen-bond donors (Lipinski definition) is 1. The maximum atomic E-state index is 6.53. The molecule has 2 aromatic rings. The molecule has 0 unspecified atom stereocenters. The van der Waals surface area contributed by atoms with Crippen LogP contribution in [0, 0.1) is 0 Å². The predicted octanol–water partition coefficient (Wildman–Crippen LogP) is 4.33. The number of benzene rings is 2. The Kier molecular flexibility index (Phi) is 4.68. The van der Waals surface area contributed by atoms with Crippen LogP contribution in [-0.2, 0) is 4.74 Å². The van der Waals surface area contributed by atoms with Gasteiger partial charge in [-0.25, -0.2) is 0 Å². The first kappa shape index (κ1) is 17.6. The van der Waals surface area contributed by atoms with E-state index in [0.29, 0.717) is 16.0 Å². The summed E-state index contributed by atoms with van der Waals surface area (Å²) in [7, 11) is 0. The molecule has 3 heterocycles. The van der Waals surface area contributed by atoms with E-state index in [-0.39, 0.29) is 6.10 Å². The van der Waals surface area contributed by atoms with E-state index in [0.717, 1.165) is 68.4 Å². The summed E-state index contributed by atoms with van der Waals surface area (Å²) in [5, 5.41) is 4.84. The highest BCUT2D eigenvalue weighted by molar-refractivity contribution is 6.36. The van der Waals surface area contributed by atoms with Crippen LogP contribution in [0.2, 0.25) is 10.0 Å². The topological polar surface area (TPSA) is 33.7 Å². The summed E-state index contributed by atoms with van der Waals surface area (Å²) < 4.78 is 12.0. The van der Waals surface area contributed by atoms with Gasteiger partial charge in [-0.3, -0.25) is 0 Å². The summed E-state index contributed by atoms with van der Waals surface area (Å²) in [5.41, 5.74) is 4.57. The first-order valence-corrected chi connectivity index (χ1v) is 10.3. The zero-order chi connectivity index (χ0) is 18.4. The standard InChI is InChI=1S/C21H22Cl2N2O2/c22-14-1-2-15(18(23)11-14)13-9-16-17-12-24-4-3-20(17)27-21(16)19(10-13)25-5-7-26-8-6-25/h1-2,9-11,17,20,24H,3-8,12H2/t17-,20-/m0/s1. The van der Waals surface area contributed by atoms with Crippen molar-refractivity contribution in [3.05, 3.63) is 45.9 Å². The van der Waals surface area contributed by atoms with Crippen LogP contribution in [0.25, 0.3) is 11.1 Å². The van der Waals surface area contributed by atoms with E-state index in [2.05, 4.69) is 22.3 Å². The third kappa shape index (κ3) is 3.19. The molecule has 0 aliphatic carbocycles. The van der Waals surface area contributed by atoms with Crippen LogP contribution in [0.1, 0.15) is 17.9 Å². The number of morpholine rings is 1. The van der Waals surface area contributed by atoms with E-state index in [9.17, 15) is 0 Å². The van der Waals surface area contributed by atoms with Gasteiger partial charge in [-0.15, -0.1) is 0 Å². The summed E-state index contributed by atoms with van der Waals surface area (Å²) in [5.74, 6) is 1.43. The molecule has 5 rings (SSSR count). The van der Waals surface area contributed by atoms with Gasteiger partial charge in [0.15, 0.2) is 0 Å². The zero-order valence-corrected chi connectivity index (χ0v) is 16.5. The minimum absolute atomic E-state index is 0.261. The number of rotatable bonds is 2. The molecule has 2 fully saturated rings. The third-order valence-corrected chi connectivity index (χ3v) is 6.33. The van der Waals surface area contributed by atoms with Gasteiger partial charge in [0.25, 0.3) is 0 Å². The van der Waals surface area contributed by atoms with Crippen molar-refractivity contribution in [3.8, 4) is 16.9 Å². The van der Waals surface area contributed by atoms with Crippen LogP contribution in [0.5, 0.6) is 5.75 Å². The molecule has 2 atom stereocenters. The van der Waals surface area contributed by atoms with Gasteiger partial charge in [-0.2, -0.15) is 0 Å². The maximum absolute atomic E-state index is 6.53. The highest BCUT2D eigenvalue weighted by Gasteiger charge is 2.39. The van der Waals surface area contributed by atoms with Gasteiger partial charge < -0.3 is 19.7 Å². The Hall–Kier alpha value is -1.46. The van der Waals surface area contributed by atoms with Crippen molar-refractivity contribution in [3.63, 3.8) is 0 Å². The molecule has 0 amide bonds. The minimum atomic E-state index is 0.261. The Morgan fingerprint density at radius 2 is 1.93 bits per heavy atom. The lowest BCUT2D eigenvalue weighted by Crippen LogP contribution is -2.38. The molecule has 6 heteroatoms. The Morgan fingerprint density at radius 1 is 1.07 bits per heavy atom. The second-order valence-electron chi connectivity index (χ2n) is 7.39. The van der Waals surface area contributed by atoms with E-state index in [1.807, 2.05) is 18.2 Å². The van der Waals surface area contributed by atoms with Crippen molar-refractivity contribution in [2.24, 2.45) is 0 Å². The van der Waals surface area contributed by atoms with Crippen molar-refractivity contribution < 1.29 is 9.47 Å². The largest absolute Gasteiger partial charge is 0.487 e. The van der Waals surface area contributed by atoms with Crippen molar-refractivity contribution in [2.45, 2.75) is 18.4 Å². The average Bonchev–Trinajstić information content (AvgIpc) is 3.07. The smallest absolute Gasteiger partial charge is 0.146 e. The molecule has 0 aromatic heterocycles. The second-order valence-corrected chi connectivity index (χ2v) is 8.24. The van der Waals surface area contributed by atoms with Crippen LogP contribution in [0.4, 0.5) is 5.69 Å². The van der Waals surface area contributed by atoms with Crippen LogP contribution >= 0.6 is 23.2 Å². The summed E-state index contributed by atoms with van der Waals surface area (Å²) in [6.07, 6.45) is 1.30. The van der Waals surface area contributed by atoms with E-state index in [4.69, 9.17) is 32.7 Å². The van der Waals surface area contributed by atoms with Gasteiger partial charge in [0.1, 0.15) is 11.9 Å². The van der Waals surface area contributed by atoms with Gasteiger partial charge >= 0.3 is 0 Å². The third-order valence-electron chi connectivity index (χ3n) is 5.78. The highest BCUT2D eigenvalue weighted by Crippen LogP contribution is 2.49. The lowest BCUT2D eigenvalue weighted by molar-refractivity contribution is 0.122. The predicted molar refractivity (Wildman–Crippen MR) is 110 cm³/mol. The molecule has 3 aliphatic rings. The number of halogens is 2. The van der Waals surface area contributed by atoms with Crippen LogP contribution in [0.3, 0.4) is 0 Å². The van der Waals surface area contributed by atoms with E-state index >= 15 is 0 Å². The van der Waals surface area contributed by atoms with Crippen LogP contribution in [0.15, 0.2) is 30.3 Å². The summed E-state index contributed by atoms with van der Waals surface area (Å²) in [4.78, 5) is 2.38.